The molecule has 0 aliphatic heterocycles. The van der Waals surface area contributed by atoms with Crippen molar-refractivity contribution in [3.05, 3.63) is 42.4 Å². The quantitative estimate of drug-likeness (QED) is 0.792. The molecule has 0 saturated carbocycles. The zero-order valence-electron chi connectivity index (χ0n) is 8.10. The van der Waals surface area contributed by atoms with Crippen LogP contribution >= 0.6 is 0 Å². The summed E-state index contributed by atoms with van der Waals surface area (Å²) in [5.74, 6) is 1.04. The van der Waals surface area contributed by atoms with E-state index in [4.69, 9.17) is 4.42 Å². The van der Waals surface area contributed by atoms with Crippen molar-refractivity contribution < 1.29 is 4.42 Å². The minimum atomic E-state index is 0.773. The summed E-state index contributed by atoms with van der Waals surface area (Å²) < 4.78 is 6.97. The highest BCUT2D eigenvalue weighted by molar-refractivity contribution is 5.04. The molecule has 0 saturated heterocycles. The zero-order valence-corrected chi connectivity index (χ0v) is 8.10. The lowest BCUT2D eigenvalue weighted by Crippen LogP contribution is -2.15. The molecule has 0 radical (unpaired) electrons. The van der Waals surface area contributed by atoms with Gasteiger partial charge in [-0.15, -0.1) is 0 Å². The Hall–Kier alpha value is -1.55. The van der Waals surface area contributed by atoms with Gasteiger partial charge in [0.25, 0.3) is 0 Å². The van der Waals surface area contributed by atoms with Crippen LogP contribution in [-0.2, 0) is 20.1 Å². The first-order chi connectivity index (χ1) is 6.86. The maximum absolute atomic E-state index is 4.97. The number of hydrogen-bond acceptors (Lipinski definition) is 3. The lowest BCUT2D eigenvalue weighted by atomic mass is 10.3. The van der Waals surface area contributed by atoms with Gasteiger partial charge in [-0.2, -0.15) is 0 Å². The molecule has 0 spiro atoms. The van der Waals surface area contributed by atoms with E-state index in [2.05, 4.69) is 10.3 Å². The molecule has 2 aromatic rings. The molecule has 0 unspecified atom stereocenters. The van der Waals surface area contributed by atoms with Crippen LogP contribution < -0.4 is 5.32 Å². The molecule has 0 aliphatic rings. The number of furan rings is 1. The monoisotopic (exact) mass is 191 g/mol. The van der Waals surface area contributed by atoms with Crippen molar-refractivity contribution in [3.63, 3.8) is 0 Å². The average molecular weight is 191 g/mol. The number of nitrogens with zero attached hydrogens (tertiary/aromatic N) is 2. The van der Waals surface area contributed by atoms with Crippen LogP contribution in [0.3, 0.4) is 0 Å². The van der Waals surface area contributed by atoms with Crippen LogP contribution in [0.15, 0.2) is 35.4 Å². The topological polar surface area (TPSA) is 43.0 Å². The van der Waals surface area contributed by atoms with Crippen molar-refractivity contribution in [2.24, 2.45) is 7.05 Å². The van der Waals surface area contributed by atoms with E-state index in [-0.39, 0.29) is 0 Å². The van der Waals surface area contributed by atoms with Crippen LogP contribution in [0.1, 0.15) is 11.4 Å². The Kier molecular flexibility index (Phi) is 2.65. The van der Waals surface area contributed by atoms with Crippen molar-refractivity contribution >= 4 is 0 Å². The van der Waals surface area contributed by atoms with Crippen molar-refractivity contribution in [1.82, 2.24) is 14.9 Å². The predicted molar refractivity (Wildman–Crippen MR) is 52.5 cm³/mol. The lowest BCUT2D eigenvalue weighted by molar-refractivity contribution is 0.558. The first kappa shape index (κ1) is 9.02. The Morgan fingerprint density at radius 2 is 2.43 bits per heavy atom. The number of aryl methyl sites for hydroxylation is 1. The minimum Gasteiger partial charge on any atom is -0.472 e. The Bertz CT molecular complexity index is 378. The van der Waals surface area contributed by atoms with Crippen molar-refractivity contribution in [3.8, 4) is 0 Å². The molecule has 0 amide bonds. The van der Waals surface area contributed by atoms with Crippen molar-refractivity contribution in [1.29, 1.82) is 0 Å². The van der Waals surface area contributed by atoms with Crippen LogP contribution in [0.25, 0.3) is 0 Å². The Labute approximate surface area is 82.6 Å². The third kappa shape index (κ3) is 2.03. The van der Waals surface area contributed by atoms with E-state index in [0.717, 1.165) is 24.5 Å². The summed E-state index contributed by atoms with van der Waals surface area (Å²) in [5.41, 5.74) is 1.15. The molecule has 4 heteroatoms. The van der Waals surface area contributed by atoms with E-state index in [1.807, 2.05) is 23.9 Å². The van der Waals surface area contributed by atoms with E-state index in [1.165, 1.54) is 0 Å². The first-order valence-electron chi connectivity index (χ1n) is 4.54. The second kappa shape index (κ2) is 4.11. The molecule has 0 aromatic carbocycles. The number of aromatic nitrogens is 2. The third-order valence-corrected chi connectivity index (χ3v) is 2.11. The van der Waals surface area contributed by atoms with Gasteiger partial charge in [0.1, 0.15) is 5.82 Å². The fourth-order valence-electron chi connectivity index (χ4n) is 1.28. The molecule has 14 heavy (non-hydrogen) atoms. The Morgan fingerprint density at radius 3 is 3.07 bits per heavy atom. The molecule has 0 atom stereocenters. The molecule has 0 aliphatic carbocycles. The van der Waals surface area contributed by atoms with E-state index >= 15 is 0 Å². The molecule has 1 N–H and O–H groups in total. The highest BCUT2D eigenvalue weighted by Gasteiger charge is 1.98. The molecule has 0 bridgehead atoms. The second-order valence-electron chi connectivity index (χ2n) is 3.19. The van der Waals surface area contributed by atoms with E-state index < -0.39 is 0 Å². The van der Waals surface area contributed by atoms with Gasteiger partial charge in [-0.25, -0.2) is 4.98 Å². The fraction of sp³-hybridized carbons (Fsp3) is 0.300. The Morgan fingerprint density at radius 1 is 1.50 bits per heavy atom. The summed E-state index contributed by atoms with van der Waals surface area (Å²) in [7, 11) is 1.99. The van der Waals surface area contributed by atoms with Gasteiger partial charge in [0.2, 0.25) is 0 Å². The smallest absolute Gasteiger partial charge is 0.122 e. The highest BCUT2D eigenvalue weighted by Crippen LogP contribution is 1.99. The average Bonchev–Trinajstić information content (AvgIpc) is 2.78. The largest absolute Gasteiger partial charge is 0.472 e. The number of rotatable bonds is 4. The standard InChI is InChI=1S/C10H13N3O/c1-13-4-3-12-10(13)7-11-6-9-2-5-14-8-9/h2-5,8,11H,6-7H2,1H3. The minimum absolute atomic E-state index is 0.773. The van der Waals surface area contributed by atoms with Crippen molar-refractivity contribution in [2.75, 3.05) is 0 Å². The van der Waals surface area contributed by atoms with Gasteiger partial charge in [-0.05, 0) is 6.07 Å². The molecule has 2 aromatic heterocycles. The number of hydrogen-bond donors (Lipinski definition) is 1. The SMILES string of the molecule is Cn1ccnc1CNCc1ccoc1. The van der Waals surface area contributed by atoms with Crippen LogP contribution in [-0.4, -0.2) is 9.55 Å². The van der Waals surface area contributed by atoms with E-state index in [9.17, 15) is 0 Å². The summed E-state index contributed by atoms with van der Waals surface area (Å²) in [4.78, 5) is 4.21. The molecular weight excluding hydrogens is 178 g/mol. The van der Waals surface area contributed by atoms with Crippen LogP contribution in [0.2, 0.25) is 0 Å². The van der Waals surface area contributed by atoms with Gasteiger partial charge in [0, 0.05) is 31.5 Å². The first-order valence-corrected chi connectivity index (χ1v) is 4.54. The lowest BCUT2D eigenvalue weighted by Gasteiger charge is -2.02. The van der Waals surface area contributed by atoms with Crippen molar-refractivity contribution in [2.45, 2.75) is 13.1 Å². The van der Waals surface area contributed by atoms with E-state index in [0.29, 0.717) is 0 Å². The molecule has 2 heterocycles. The molecule has 2 rings (SSSR count). The molecule has 0 fully saturated rings. The van der Waals surface area contributed by atoms with Gasteiger partial charge in [-0.1, -0.05) is 0 Å². The predicted octanol–water partition coefficient (Wildman–Crippen LogP) is 1.30. The van der Waals surface area contributed by atoms with Gasteiger partial charge in [0.15, 0.2) is 0 Å². The fourth-order valence-corrected chi connectivity index (χ4v) is 1.28. The molecule has 74 valence electrons. The van der Waals surface area contributed by atoms with E-state index in [1.54, 1.807) is 18.7 Å². The van der Waals surface area contributed by atoms with Gasteiger partial charge in [0.05, 0.1) is 19.1 Å². The van der Waals surface area contributed by atoms with Crippen LogP contribution in [0.5, 0.6) is 0 Å². The normalized spacial score (nSPS) is 10.6. The van der Waals surface area contributed by atoms with Crippen LogP contribution in [0, 0.1) is 0 Å². The number of imidazole rings is 1. The molecule has 4 nitrogen and oxygen atoms in total. The van der Waals surface area contributed by atoms with Gasteiger partial charge < -0.3 is 14.3 Å². The molecular formula is C10H13N3O. The maximum Gasteiger partial charge on any atom is 0.122 e. The Balaban J connectivity index is 1.81. The van der Waals surface area contributed by atoms with Gasteiger partial charge >= 0.3 is 0 Å². The summed E-state index contributed by atoms with van der Waals surface area (Å²) in [5, 5.41) is 3.29. The highest BCUT2D eigenvalue weighted by atomic mass is 16.3. The summed E-state index contributed by atoms with van der Waals surface area (Å²) in [6.45, 7) is 1.58. The summed E-state index contributed by atoms with van der Waals surface area (Å²) >= 11 is 0. The van der Waals surface area contributed by atoms with Crippen LogP contribution in [0.4, 0.5) is 0 Å². The third-order valence-electron chi connectivity index (χ3n) is 2.11. The summed E-state index contributed by atoms with van der Waals surface area (Å²) in [6.07, 6.45) is 7.16. The zero-order chi connectivity index (χ0) is 9.80. The number of nitrogens with one attached hydrogen (secondary N) is 1. The second-order valence-corrected chi connectivity index (χ2v) is 3.19. The summed E-state index contributed by atoms with van der Waals surface area (Å²) in [6, 6.07) is 1.95. The maximum atomic E-state index is 4.97. The van der Waals surface area contributed by atoms with Gasteiger partial charge in [-0.3, -0.25) is 0 Å².